The number of nitrogens with zero attached hydrogens (tertiary/aromatic N) is 1. The lowest BCUT2D eigenvalue weighted by molar-refractivity contribution is -0.136. The van der Waals surface area contributed by atoms with E-state index in [1.807, 2.05) is 0 Å². The van der Waals surface area contributed by atoms with E-state index in [1.54, 1.807) is 13.1 Å². The molecule has 1 rings (SSSR count). The number of likely N-dealkylation sites (N-methyl/N-ethyl adjacent to an activating group) is 1. The van der Waals surface area contributed by atoms with E-state index in [9.17, 15) is 15.0 Å². The van der Waals surface area contributed by atoms with Crippen LogP contribution in [0.25, 0.3) is 0 Å². The van der Waals surface area contributed by atoms with Crippen LogP contribution in [0.3, 0.4) is 0 Å². The Balaban J connectivity index is 2.69. The predicted molar refractivity (Wildman–Crippen MR) is 60.5 cm³/mol. The molecular formula is C11H16N2O4. The molecule has 0 amide bonds. The first-order valence-electron chi connectivity index (χ1n) is 5.22. The average molecular weight is 240 g/mol. The van der Waals surface area contributed by atoms with Crippen LogP contribution in [0, 0.1) is 0 Å². The lowest BCUT2D eigenvalue weighted by atomic mass is 10.1. The van der Waals surface area contributed by atoms with Crippen molar-refractivity contribution in [1.82, 2.24) is 10.3 Å². The van der Waals surface area contributed by atoms with Crippen molar-refractivity contribution in [2.24, 2.45) is 0 Å². The molecule has 1 heterocycles. The fourth-order valence-electron chi connectivity index (χ4n) is 1.41. The quantitative estimate of drug-likeness (QED) is 0.525. The van der Waals surface area contributed by atoms with Crippen molar-refractivity contribution in [2.45, 2.75) is 18.6 Å². The van der Waals surface area contributed by atoms with Gasteiger partial charge in [0.25, 0.3) is 0 Å². The summed E-state index contributed by atoms with van der Waals surface area (Å²) < 4.78 is 0. The maximum absolute atomic E-state index is 10.4. The first kappa shape index (κ1) is 13.6. The molecule has 0 radical (unpaired) electrons. The molecule has 0 saturated carbocycles. The lowest BCUT2D eigenvalue weighted by Crippen LogP contribution is -2.29. The largest absolute Gasteiger partial charge is 0.481 e. The van der Waals surface area contributed by atoms with Crippen LogP contribution < -0.4 is 5.32 Å². The summed E-state index contributed by atoms with van der Waals surface area (Å²) in [5, 5.41) is 30.6. The zero-order valence-corrected chi connectivity index (χ0v) is 9.50. The molecule has 2 atom stereocenters. The molecule has 0 fully saturated rings. The molecule has 2 unspecified atom stereocenters. The third-order valence-electron chi connectivity index (χ3n) is 2.30. The molecule has 6 heteroatoms. The van der Waals surface area contributed by atoms with Crippen LogP contribution in [0.15, 0.2) is 18.3 Å². The molecule has 1 aromatic heterocycles. The second-order valence-corrected chi connectivity index (χ2v) is 3.72. The summed E-state index contributed by atoms with van der Waals surface area (Å²) in [7, 11) is 1.67. The molecule has 4 N–H and O–H groups in total. The minimum Gasteiger partial charge on any atom is -0.481 e. The van der Waals surface area contributed by atoms with Gasteiger partial charge in [0.05, 0.1) is 18.2 Å². The van der Waals surface area contributed by atoms with Crippen molar-refractivity contribution >= 4 is 5.97 Å². The van der Waals surface area contributed by atoms with Gasteiger partial charge in [-0.2, -0.15) is 0 Å². The van der Waals surface area contributed by atoms with Gasteiger partial charge in [0.1, 0.15) is 6.10 Å². The van der Waals surface area contributed by atoms with Crippen molar-refractivity contribution in [2.75, 3.05) is 13.6 Å². The Morgan fingerprint density at radius 2 is 2.18 bits per heavy atom. The van der Waals surface area contributed by atoms with Crippen LogP contribution in [-0.2, 0) is 11.2 Å². The number of pyridine rings is 1. The summed E-state index contributed by atoms with van der Waals surface area (Å²) in [5.74, 6) is -0.957. The maximum Gasteiger partial charge on any atom is 0.309 e. The third-order valence-corrected chi connectivity index (χ3v) is 2.30. The van der Waals surface area contributed by atoms with Gasteiger partial charge in [0, 0.05) is 18.3 Å². The Bertz CT molecular complexity index is 366. The van der Waals surface area contributed by atoms with Crippen molar-refractivity contribution in [3.63, 3.8) is 0 Å². The van der Waals surface area contributed by atoms with Gasteiger partial charge < -0.3 is 20.6 Å². The van der Waals surface area contributed by atoms with Gasteiger partial charge in [-0.15, -0.1) is 0 Å². The van der Waals surface area contributed by atoms with Gasteiger partial charge in [0.2, 0.25) is 0 Å². The van der Waals surface area contributed by atoms with Gasteiger partial charge in [-0.25, -0.2) is 0 Å². The normalized spacial score (nSPS) is 14.3. The van der Waals surface area contributed by atoms with Gasteiger partial charge in [-0.05, 0) is 13.1 Å². The van der Waals surface area contributed by atoms with E-state index >= 15 is 0 Å². The van der Waals surface area contributed by atoms with E-state index in [0.29, 0.717) is 11.3 Å². The summed E-state index contributed by atoms with van der Waals surface area (Å²) in [5.41, 5.74) is 0.874. The smallest absolute Gasteiger partial charge is 0.309 e. The molecule has 0 spiro atoms. The number of nitrogens with one attached hydrogen (secondary N) is 1. The Hall–Kier alpha value is -1.50. The molecule has 0 aliphatic heterocycles. The molecule has 17 heavy (non-hydrogen) atoms. The molecule has 94 valence electrons. The van der Waals surface area contributed by atoms with Crippen LogP contribution >= 0.6 is 0 Å². The molecule has 0 aliphatic carbocycles. The molecule has 0 aliphatic rings. The fraction of sp³-hybridized carbons (Fsp3) is 0.455. The van der Waals surface area contributed by atoms with E-state index in [-0.39, 0.29) is 13.0 Å². The average Bonchev–Trinajstić information content (AvgIpc) is 2.28. The molecule has 0 saturated heterocycles. The highest BCUT2D eigenvalue weighted by molar-refractivity contribution is 5.69. The molecule has 0 bridgehead atoms. The summed E-state index contributed by atoms with van der Waals surface area (Å²) in [4.78, 5) is 14.4. The van der Waals surface area contributed by atoms with Crippen LogP contribution in [0.2, 0.25) is 0 Å². The van der Waals surface area contributed by atoms with Crippen molar-refractivity contribution in [1.29, 1.82) is 0 Å². The second-order valence-electron chi connectivity index (χ2n) is 3.72. The molecular weight excluding hydrogens is 224 g/mol. The number of aliphatic hydroxyl groups is 2. The number of hydrogen-bond acceptors (Lipinski definition) is 5. The Morgan fingerprint density at radius 1 is 1.47 bits per heavy atom. The van der Waals surface area contributed by atoms with E-state index < -0.39 is 18.2 Å². The van der Waals surface area contributed by atoms with Gasteiger partial charge in [0.15, 0.2) is 0 Å². The van der Waals surface area contributed by atoms with Crippen LogP contribution in [0.1, 0.15) is 17.4 Å². The Kier molecular flexibility index (Phi) is 5.02. The monoisotopic (exact) mass is 240 g/mol. The maximum atomic E-state index is 10.4. The number of rotatable bonds is 6. The van der Waals surface area contributed by atoms with Crippen molar-refractivity contribution in [3.05, 3.63) is 29.6 Å². The van der Waals surface area contributed by atoms with Gasteiger partial charge >= 0.3 is 5.97 Å². The van der Waals surface area contributed by atoms with Crippen molar-refractivity contribution < 1.29 is 20.1 Å². The number of aliphatic hydroxyl groups excluding tert-OH is 2. The number of carbonyl (C=O) groups is 1. The predicted octanol–water partition coefficient (Wildman–Crippen LogP) is -0.678. The second kappa shape index (κ2) is 6.29. The number of aliphatic carboxylic acids is 1. The van der Waals surface area contributed by atoms with Crippen LogP contribution in [0.4, 0.5) is 0 Å². The first-order chi connectivity index (χ1) is 8.04. The Labute approximate surface area is 98.9 Å². The first-order valence-corrected chi connectivity index (χ1v) is 5.22. The SMILES string of the molecule is CNCC(O)C(O)c1ccc(CC(=O)O)nc1. The molecule has 1 aromatic rings. The fourth-order valence-corrected chi connectivity index (χ4v) is 1.41. The van der Waals surface area contributed by atoms with Gasteiger partial charge in [-0.3, -0.25) is 9.78 Å². The zero-order valence-electron chi connectivity index (χ0n) is 9.50. The Morgan fingerprint density at radius 3 is 2.65 bits per heavy atom. The number of carboxylic acid groups (broad SMARTS) is 1. The van der Waals surface area contributed by atoms with E-state index in [1.165, 1.54) is 12.3 Å². The highest BCUT2D eigenvalue weighted by Crippen LogP contribution is 2.15. The number of aromatic nitrogens is 1. The van der Waals surface area contributed by atoms with Crippen LogP contribution in [-0.4, -0.2) is 46.0 Å². The van der Waals surface area contributed by atoms with Crippen molar-refractivity contribution in [3.8, 4) is 0 Å². The van der Waals surface area contributed by atoms with E-state index in [2.05, 4.69) is 10.3 Å². The summed E-state index contributed by atoms with van der Waals surface area (Å²) >= 11 is 0. The third kappa shape index (κ3) is 4.10. The summed E-state index contributed by atoms with van der Waals surface area (Å²) in [6.45, 7) is 0.262. The minimum absolute atomic E-state index is 0.157. The van der Waals surface area contributed by atoms with Crippen LogP contribution in [0.5, 0.6) is 0 Å². The highest BCUT2D eigenvalue weighted by Gasteiger charge is 2.17. The molecule has 0 aromatic carbocycles. The summed E-state index contributed by atoms with van der Waals surface area (Å²) in [6, 6.07) is 3.09. The lowest BCUT2D eigenvalue weighted by Gasteiger charge is -2.17. The summed E-state index contributed by atoms with van der Waals surface area (Å²) in [6.07, 6.45) is -0.738. The minimum atomic E-state index is -1.03. The number of hydrogen-bond donors (Lipinski definition) is 4. The standard InChI is InChI=1S/C11H16N2O4/c1-12-6-9(14)11(17)7-2-3-8(13-5-7)4-10(15)16/h2-3,5,9,11-12,14,17H,4,6H2,1H3,(H,15,16). The van der Waals surface area contributed by atoms with Gasteiger partial charge in [-0.1, -0.05) is 6.07 Å². The van der Waals surface area contributed by atoms with E-state index in [0.717, 1.165) is 0 Å². The number of carboxylic acids is 1. The topological polar surface area (TPSA) is 103 Å². The van der Waals surface area contributed by atoms with E-state index in [4.69, 9.17) is 5.11 Å². The zero-order chi connectivity index (χ0) is 12.8. The highest BCUT2D eigenvalue weighted by atomic mass is 16.4. The molecule has 6 nitrogen and oxygen atoms in total.